The molecule has 0 aliphatic heterocycles. The minimum atomic E-state index is -0.612. The smallest absolute Gasteiger partial charge is 0.338 e. The number of esters is 2. The highest BCUT2D eigenvalue weighted by molar-refractivity contribution is 7.99. The van der Waals surface area contributed by atoms with Crippen LogP contribution in [0.3, 0.4) is 0 Å². The summed E-state index contributed by atoms with van der Waals surface area (Å²) >= 11 is 1.06. The van der Waals surface area contributed by atoms with Gasteiger partial charge in [-0.15, -0.1) is 10.2 Å². The number of amides is 1. The summed E-state index contributed by atoms with van der Waals surface area (Å²) in [7, 11) is 0. The predicted molar refractivity (Wildman–Crippen MR) is 129 cm³/mol. The highest BCUT2D eigenvalue weighted by atomic mass is 32.2. The number of aromatic nitrogens is 3. The molecule has 0 radical (unpaired) electrons. The number of carbonyl (C=O) groups excluding carboxylic acids is 3. The van der Waals surface area contributed by atoms with Crippen LogP contribution in [0, 0.1) is 0 Å². The lowest BCUT2D eigenvalue weighted by Crippen LogP contribution is -2.16. The molecule has 2 heterocycles. The number of anilines is 1. The third kappa shape index (κ3) is 5.69. The van der Waals surface area contributed by atoms with E-state index in [0.29, 0.717) is 5.89 Å². The lowest BCUT2D eigenvalue weighted by atomic mass is 10.1. The second-order valence-corrected chi connectivity index (χ2v) is 8.12. The van der Waals surface area contributed by atoms with Crippen LogP contribution < -0.4 is 5.32 Å². The number of ether oxygens (including phenoxy) is 2. The van der Waals surface area contributed by atoms with Crippen molar-refractivity contribution >= 4 is 46.2 Å². The van der Waals surface area contributed by atoms with E-state index in [2.05, 4.69) is 20.5 Å². The van der Waals surface area contributed by atoms with Gasteiger partial charge >= 0.3 is 11.9 Å². The minimum Gasteiger partial charge on any atom is -0.462 e. The van der Waals surface area contributed by atoms with E-state index in [0.717, 1.165) is 28.2 Å². The van der Waals surface area contributed by atoms with Crippen LogP contribution in [-0.2, 0) is 14.3 Å². The molecule has 1 amide bonds. The van der Waals surface area contributed by atoms with Crippen molar-refractivity contribution in [2.45, 2.75) is 19.1 Å². The highest BCUT2D eigenvalue weighted by Gasteiger charge is 2.17. The normalized spacial score (nSPS) is 10.8. The number of rotatable bonds is 9. The first kappa shape index (κ1) is 24.0. The van der Waals surface area contributed by atoms with Crippen LogP contribution in [0.1, 0.15) is 34.6 Å². The fraction of sp³-hybridized carbons (Fsp3) is 0.208. The summed E-state index contributed by atoms with van der Waals surface area (Å²) in [4.78, 5) is 40.1. The molecule has 0 aliphatic rings. The van der Waals surface area contributed by atoms with Gasteiger partial charge in [-0.05, 0) is 38.1 Å². The number of carbonyl (C=O) groups is 3. The van der Waals surface area contributed by atoms with Crippen LogP contribution in [-0.4, -0.2) is 52.0 Å². The molecule has 0 fully saturated rings. The third-order valence-corrected chi connectivity index (χ3v) is 5.61. The Balaban J connectivity index is 1.44. The van der Waals surface area contributed by atoms with Crippen LogP contribution in [0.5, 0.6) is 0 Å². The second-order valence-electron chi connectivity index (χ2n) is 7.20. The van der Waals surface area contributed by atoms with Crippen molar-refractivity contribution in [1.29, 1.82) is 0 Å². The maximum absolute atomic E-state index is 12.6. The molecule has 11 heteroatoms. The number of hydrogen-bond acceptors (Lipinski definition) is 9. The molecule has 2 N–H and O–H groups in total. The molecule has 4 rings (SSSR count). The fourth-order valence-electron chi connectivity index (χ4n) is 3.31. The fourth-order valence-corrected chi connectivity index (χ4v) is 3.88. The number of benzene rings is 2. The number of hydrogen-bond donors (Lipinski definition) is 2. The zero-order valence-corrected chi connectivity index (χ0v) is 19.8. The van der Waals surface area contributed by atoms with Crippen molar-refractivity contribution in [3.63, 3.8) is 0 Å². The molecule has 0 unspecified atom stereocenters. The van der Waals surface area contributed by atoms with E-state index in [9.17, 15) is 14.4 Å². The van der Waals surface area contributed by atoms with Crippen molar-refractivity contribution in [2.75, 3.05) is 24.3 Å². The third-order valence-electron chi connectivity index (χ3n) is 4.79. The summed E-state index contributed by atoms with van der Waals surface area (Å²) in [6, 6.07) is 12.0. The lowest BCUT2D eigenvalue weighted by molar-refractivity contribution is -0.113. The van der Waals surface area contributed by atoms with Crippen LogP contribution in [0.2, 0.25) is 0 Å². The summed E-state index contributed by atoms with van der Waals surface area (Å²) in [5.74, 6) is -1.31. The molecule has 0 spiro atoms. The Morgan fingerprint density at radius 1 is 1.00 bits per heavy atom. The van der Waals surface area contributed by atoms with Gasteiger partial charge in [-0.3, -0.25) is 4.79 Å². The Morgan fingerprint density at radius 2 is 1.69 bits per heavy atom. The lowest BCUT2D eigenvalue weighted by Gasteiger charge is -2.10. The summed E-state index contributed by atoms with van der Waals surface area (Å²) in [6.07, 6.45) is 1.79. The van der Waals surface area contributed by atoms with Gasteiger partial charge in [0.05, 0.1) is 35.7 Å². The number of nitrogens with one attached hydrogen (secondary N) is 2. The van der Waals surface area contributed by atoms with Crippen molar-refractivity contribution in [2.24, 2.45) is 0 Å². The van der Waals surface area contributed by atoms with E-state index < -0.39 is 17.8 Å². The Bertz CT molecular complexity index is 1340. The number of fused-ring (bicyclic) bond motifs is 1. The van der Waals surface area contributed by atoms with E-state index in [1.54, 1.807) is 20.0 Å². The Labute approximate surface area is 204 Å². The molecule has 10 nitrogen and oxygen atoms in total. The first-order chi connectivity index (χ1) is 17.0. The van der Waals surface area contributed by atoms with E-state index >= 15 is 0 Å². The van der Waals surface area contributed by atoms with Crippen LogP contribution in [0.4, 0.5) is 5.69 Å². The van der Waals surface area contributed by atoms with Gasteiger partial charge in [0, 0.05) is 22.8 Å². The Hall–Kier alpha value is -4.12. The molecule has 0 aliphatic carbocycles. The predicted octanol–water partition coefficient (Wildman–Crippen LogP) is 4.30. The first-order valence-corrected chi connectivity index (χ1v) is 11.8. The number of aromatic amines is 1. The standard InChI is InChI=1S/C24H22N4O6S/c1-3-32-22(30)14-9-15(23(31)33-4-2)11-16(10-14)26-20(29)13-35-24-28-27-21(34-24)18-12-25-19-8-6-5-7-17(18)19/h5-12,25H,3-4,13H2,1-2H3,(H,26,29). The maximum atomic E-state index is 12.6. The molecule has 2 aromatic heterocycles. The molecule has 4 aromatic rings. The molecule has 0 bridgehead atoms. The molecular formula is C24H22N4O6S. The molecule has 2 aromatic carbocycles. The monoisotopic (exact) mass is 494 g/mol. The average molecular weight is 495 g/mol. The van der Waals surface area contributed by atoms with E-state index in [1.807, 2.05) is 24.3 Å². The molecule has 180 valence electrons. The van der Waals surface area contributed by atoms with Crippen molar-refractivity contribution in [1.82, 2.24) is 15.2 Å². The van der Waals surface area contributed by atoms with Gasteiger partial charge in [0.1, 0.15) is 0 Å². The molecule has 0 saturated heterocycles. The Kier molecular flexibility index (Phi) is 7.46. The molecule has 0 saturated carbocycles. The van der Waals surface area contributed by atoms with Crippen LogP contribution in [0.15, 0.2) is 58.3 Å². The minimum absolute atomic E-state index is 0.0338. The van der Waals surface area contributed by atoms with E-state index in [4.69, 9.17) is 13.9 Å². The maximum Gasteiger partial charge on any atom is 0.338 e. The quantitative estimate of drug-likeness (QED) is 0.258. The second kappa shape index (κ2) is 10.9. The number of para-hydroxylation sites is 1. The van der Waals surface area contributed by atoms with Crippen LogP contribution in [0.25, 0.3) is 22.4 Å². The van der Waals surface area contributed by atoms with Gasteiger partial charge in [-0.2, -0.15) is 0 Å². The summed E-state index contributed by atoms with van der Waals surface area (Å²) < 4.78 is 15.7. The van der Waals surface area contributed by atoms with Gasteiger partial charge in [0.25, 0.3) is 11.1 Å². The summed E-state index contributed by atoms with van der Waals surface area (Å²) in [5, 5.41) is 11.9. The van der Waals surface area contributed by atoms with Crippen LogP contribution >= 0.6 is 11.8 Å². The largest absolute Gasteiger partial charge is 0.462 e. The van der Waals surface area contributed by atoms with Gasteiger partial charge in [0.2, 0.25) is 5.91 Å². The van der Waals surface area contributed by atoms with Gasteiger partial charge in [0.15, 0.2) is 0 Å². The van der Waals surface area contributed by atoms with Crippen molar-refractivity contribution in [3.8, 4) is 11.5 Å². The summed E-state index contributed by atoms with van der Waals surface area (Å²) in [5.41, 5.74) is 2.23. The topological polar surface area (TPSA) is 136 Å². The zero-order valence-electron chi connectivity index (χ0n) is 19.0. The van der Waals surface area contributed by atoms with E-state index in [1.165, 1.54) is 18.2 Å². The van der Waals surface area contributed by atoms with Gasteiger partial charge < -0.3 is 24.2 Å². The molecule has 0 atom stereocenters. The van der Waals surface area contributed by atoms with E-state index in [-0.39, 0.29) is 41.0 Å². The average Bonchev–Trinajstić information content (AvgIpc) is 3.50. The number of thioether (sulfide) groups is 1. The summed E-state index contributed by atoms with van der Waals surface area (Å²) in [6.45, 7) is 3.69. The first-order valence-electron chi connectivity index (χ1n) is 10.8. The highest BCUT2D eigenvalue weighted by Crippen LogP contribution is 2.29. The number of nitrogens with zero attached hydrogens (tertiary/aromatic N) is 2. The van der Waals surface area contributed by atoms with Gasteiger partial charge in [-0.25, -0.2) is 9.59 Å². The van der Waals surface area contributed by atoms with Crippen molar-refractivity contribution < 1.29 is 28.3 Å². The molecular weight excluding hydrogens is 472 g/mol. The zero-order chi connectivity index (χ0) is 24.8. The van der Waals surface area contributed by atoms with Crippen molar-refractivity contribution in [3.05, 3.63) is 59.8 Å². The molecule has 35 heavy (non-hydrogen) atoms. The number of H-pyrrole nitrogens is 1. The van der Waals surface area contributed by atoms with Gasteiger partial charge in [-0.1, -0.05) is 30.0 Å². The SMILES string of the molecule is CCOC(=O)c1cc(NC(=O)CSc2nnc(-c3c[nH]c4ccccc34)o2)cc(C(=O)OCC)c1. The Morgan fingerprint density at radius 3 is 2.37 bits per heavy atom.